The van der Waals surface area contributed by atoms with Crippen molar-refractivity contribution in [2.45, 2.75) is 30.9 Å². The highest BCUT2D eigenvalue weighted by Gasteiger charge is 2.14. The van der Waals surface area contributed by atoms with E-state index < -0.39 is 0 Å². The summed E-state index contributed by atoms with van der Waals surface area (Å²) in [5.74, 6) is 1.15. The number of ether oxygens (including phenoxy) is 1. The highest BCUT2D eigenvalue weighted by molar-refractivity contribution is 7.98. The number of nitrogens with zero attached hydrogens (tertiary/aromatic N) is 5. The van der Waals surface area contributed by atoms with Gasteiger partial charge in [0, 0.05) is 20.2 Å². The van der Waals surface area contributed by atoms with Crippen molar-refractivity contribution in [1.29, 1.82) is 0 Å². The molecule has 0 unspecified atom stereocenters. The topological polar surface area (TPSA) is 57.8 Å². The highest BCUT2D eigenvalue weighted by atomic mass is 32.2. The number of hydrogen-bond donors (Lipinski definition) is 0. The van der Waals surface area contributed by atoms with Gasteiger partial charge in [0.15, 0.2) is 11.0 Å². The molecule has 0 aliphatic rings. The molecule has 0 atom stereocenters. The maximum Gasteiger partial charge on any atom is 0.191 e. The van der Waals surface area contributed by atoms with Crippen LogP contribution in [0.25, 0.3) is 11.0 Å². The van der Waals surface area contributed by atoms with Crippen molar-refractivity contribution in [3.8, 4) is 0 Å². The van der Waals surface area contributed by atoms with E-state index in [9.17, 15) is 4.39 Å². The van der Waals surface area contributed by atoms with Crippen molar-refractivity contribution in [1.82, 2.24) is 24.3 Å². The van der Waals surface area contributed by atoms with Gasteiger partial charge in [0.1, 0.15) is 17.7 Å². The molecule has 0 N–H and O–H groups in total. The first-order chi connectivity index (χ1) is 11.2. The Kier molecular flexibility index (Phi) is 4.92. The second-order valence-corrected chi connectivity index (χ2v) is 5.91. The summed E-state index contributed by atoms with van der Waals surface area (Å²) in [6.07, 6.45) is 1.68. The van der Waals surface area contributed by atoms with Crippen LogP contribution < -0.4 is 0 Å². The molecule has 6 nitrogen and oxygen atoms in total. The smallest absolute Gasteiger partial charge is 0.191 e. The predicted molar refractivity (Wildman–Crippen MR) is 86.8 cm³/mol. The molecule has 0 saturated carbocycles. The average molecular weight is 335 g/mol. The number of rotatable bonds is 7. The van der Waals surface area contributed by atoms with Gasteiger partial charge in [-0.2, -0.15) is 0 Å². The first kappa shape index (κ1) is 15.9. The molecule has 0 radical (unpaired) electrons. The lowest BCUT2D eigenvalue weighted by atomic mass is 10.3. The summed E-state index contributed by atoms with van der Waals surface area (Å²) >= 11 is 1.54. The summed E-state index contributed by atoms with van der Waals surface area (Å²) in [4.78, 5) is 4.46. The zero-order chi connectivity index (χ0) is 16.2. The van der Waals surface area contributed by atoms with Crippen LogP contribution in [0.4, 0.5) is 4.39 Å². The van der Waals surface area contributed by atoms with Crippen LogP contribution in [0, 0.1) is 5.82 Å². The largest absolute Gasteiger partial charge is 0.383 e. The van der Waals surface area contributed by atoms with Gasteiger partial charge in [0.25, 0.3) is 0 Å². The molecule has 0 aliphatic carbocycles. The van der Waals surface area contributed by atoms with Gasteiger partial charge in [-0.15, -0.1) is 10.2 Å². The van der Waals surface area contributed by atoms with Crippen LogP contribution >= 0.6 is 11.8 Å². The number of benzene rings is 1. The van der Waals surface area contributed by atoms with Crippen LogP contribution in [-0.4, -0.2) is 38.0 Å². The van der Waals surface area contributed by atoms with Crippen LogP contribution in [-0.2, 0) is 23.6 Å². The minimum absolute atomic E-state index is 0.288. The Labute approximate surface area is 137 Å². The van der Waals surface area contributed by atoms with Crippen LogP contribution in [0.1, 0.15) is 12.7 Å². The van der Waals surface area contributed by atoms with Crippen molar-refractivity contribution < 1.29 is 9.13 Å². The number of fused-ring (bicyclic) bond motifs is 1. The van der Waals surface area contributed by atoms with Crippen molar-refractivity contribution in [2.75, 3.05) is 13.7 Å². The Hall–Kier alpha value is -1.93. The Balaban J connectivity index is 1.82. The summed E-state index contributed by atoms with van der Waals surface area (Å²) in [5.41, 5.74) is 1.25. The molecular formula is C15H18FN5OS. The van der Waals surface area contributed by atoms with Gasteiger partial charge in [0.2, 0.25) is 0 Å². The van der Waals surface area contributed by atoms with E-state index in [1.807, 2.05) is 22.1 Å². The van der Waals surface area contributed by atoms with Gasteiger partial charge >= 0.3 is 0 Å². The van der Waals surface area contributed by atoms with Crippen LogP contribution in [0.15, 0.2) is 29.7 Å². The van der Waals surface area contributed by atoms with E-state index in [1.165, 1.54) is 17.8 Å². The first-order valence-electron chi connectivity index (χ1n) is 7.37. The number of para-hydroxylation sites is 1. The van der Waals surface area contributed by atoms with E-state index in [2.05, 4.69) is 15.2 Å². The summed E-state index contributed by atoms with van der Waals surface area (Å²) < 4.78 is 23.0. The second-order valence-electron chi connectivity index (χ2n) is 4.97. The molecule has 2 heterocycles. The molecule has 3 aromatic rings. The molecule has 0 fully saturated rings. The van der Waals surface area contributed by atoms with E-state index in [1.54, 1.807) is 19.5 Å². The van der Waals surface area contributed by atoms with E-state index in [-0.39, 0.29) is 5.82 Å². The monoisotopic (exact) mass is 335 g/mol. The number of methoxy groups -OCH3 is 1. The van der Waals surface area contributed by atoms with Gasteiger partial charge < -0.3 is 13.9 Å². The summed E-state index contributed by atoms with van der Waals surface area (Å²) in [6, 6.07) is 5.04. The first-order valence-corrected chi connectivity index (χ1v) is 8.36. The van der Waals surface area contributed by atoms with E-state index in [4.69, 9.17) is 4.74 Å². The third-order valence-corrected chi connectivity index (χ3v) is 4.55. The number of aromatic nitrogens is 5. The minimum Gasteiger partial charge on any atom is -0.383 e. The van der Waals surface area contributed by atoms with Gasteiger partial charge in [-0.1, -0.05) is 17.8 Å². The fraction of sp³-hybridized carbons (Fsp3) is 0.400. The van der Waals surface area contributed by atoms with Crippen LogP contribution in [0.3, 0.4) is 0 Å². The van der Waals surface area contributed by atoms with Crippen molar-refractivity contribution in [3.05, 3.63) is 36.2 Å². The van der Waals surface area contributed by atoms with E-state index in [0.29, 0.717) is 24.4 Å². The lowest BCUT2D eigenvalue weighted by Crippen LogP contribution is -2.05. The quantitative estimate of drug-likeness (QED) is 0.621. The van der Waals surface area contributed by atoms with Gasteiger partial charge in [-0.05, 0) is 19.1 Å². The fourth-order valence-corrected chi connectivity index (χ4v) is 3.34. The Morgan fingerprint density at radius 1 is 1.35 bits per heavy atom. The summed E-state index contributed by atoms with van der Waals surface area (Å²) in [5, 5.41) is 8.86. The van der Waals surface area contributed by atoms with Crippen molar-refractivity contribution in [3.63, 3.8) is 0 Å². The van der Waals surface area contributed by atoms with Gasteiger partial charge in [-0.3, -0.25) is 0 Å². The van der Waals surface area contributed by atoms with E-state index in [0.717, 1.165) is 23.0 Å². The molecule has 0 saturated heterocycles. The van der Waals surface area contributed by atoms with E-state index >= 15 is 0 Å². The third kappa shape index (κ3) is 3.23. The molecule has 0 spiro atoms. The molecule has 3 rings (SSSR count). The van der Waals surface area contributed by atoms with Crippen molar-refractivity contribution >= 4 is 22.8 Å². The zero-order valence-corrected chi connectivity index (χ0v) is 13.9. The van der Waals surface area contributed by atoms with Crippen LogP contribution in [0.2, 0.25) is 0 Å². The fourth-order valence-electron chi connectivity index (χ4n) is 2.45. The van der Waals surface area contributed by atoms with Gasteiger partial charge in [0.05, 0.1) is 17.9 Å². The molecule has 0 amide bonds. The average Bonchev–Trinajstić information content (AvgIpc) is 3.15. The predicted octanol–water partition coefficient (Wildman–Crippen LogP) is 2.73. The normalized spacial score (nSPS) is 11.4. The molecular weight excluding hydrogens is 317 g/mol. The highest BCUT2D eigenvalue weighted by Crippen LogP contribution is 2.25. The third-order valence-electron chi connectivity index (χ3n) is 3.57. The van der Waals surface area contributed by atoms with Crippen molar-refractivity contribution in [2.24, 2.45) is 0 Å². The lowest BCUT2D eigenvalue weighted by Gasteiger charge is -2.07. The molecule has 23 heavy (non-hydrogen) atoms. The maximum absolute atomic E-state index is 13.9. The van der Waals surface area contributed by atoms with Gasteiger partial charge in [-0.25, -0.2) is 9.37 Å². The summed E-state index contributed by atoms with van der Waals surface area (Å²) in [7, 11) is 1.66. The zero-order valence-electron chi connectivity index (χ0n) is 13.1. The molecule has 122 valence electrons. The maximum atomic E-state index is 13.9. The second kappa shape index (κ2) is 7.10. The molecule has 0 bridgehead atoms. The number of imidazole rings is 1. The van der Waals surface area contributed by atoms with Crippen LogP contribution in [0.5, 0.6) is 0 Å². The summed E-state index contributed by atoms with van der Waals surface area (Å²) in [6.45, 7) is 4.07. The lowest BCUT2D eigenvalue weighted by molar-refractivity contribution is 0.184. The number of aryl methyl sites for hydroxylation is 1. The Morgan fingerprint density at radius 2 is 2.22 bits per heavy atom. The molecule has 0 aliphatic heterocycles. The minimum atomic E-state index is -0.288. The Bertz CT molecular complexity index is 800. The SMILES string of the molecule is CCn1c(CSc2nncn2CCOC)nc2c(F)cccc21. The standard InChI is InChI=1S/C15H18FN5OS/c1-3-21-12-6-4-5-11(16)14(12)18-13(21)9-23-15-19-17-10-20(15)7-8-22-2/h4-6,10H,3,7-9H2,1-2H3. The molecule has 8 heteroatoms. The number of hydrogen-bond acceptors (Lipinski definition) is 5. The molecule has 2 aromatic heterocycles. The number of halogens is 1. The Morgan fingerprint density at radius 3 is 3.00 bits per heavy atom. The molecule has 1 aromatic carbocycles. The number of thioether (sulfide) groups is 1.